The molecule has 112 valence electrons. The van der Waals surface area contributed by atoms with Gasteiger partial charge >= 0.3 is 0 Å². The molecule has 7 heteroatoms. The first-order valence-electron chi connectivity index (χ1n) is 6.42. The van der Waals surface area contributed by atoms with Gasteiger partial charge in [-0.05, 0) is 37.8 Å². The van der Waals surface area contributed by atoms with Crippen LogP contribution < -0.4 is 5.73 Å². The molecule has 0 saturated heterocycles. The molecule has 0 aromatic heterocycles. The third-order valence-electron chi connectivity index (χ3n) is 3.79. The number of benzene rings is 1. The average Bonchev–Trinajstić information content (AvgIpc) is 2.33. The molecular formula is C13H19FN2O3S. The van der Waals surface area contributed by atoms with Gasteiger partial charge in [0, 0.05) is 24.8 Å². The molecule has 1 aromatic carbocycles. The van der Waals surface area contributed by atoms with E-state index in [2.05, 4.69) is 0 Å². The summed E-state index contributed by atoms with van der Waals surface area (Å²) < 4.78 is 39.5. The molecule has 0 bridgehead atoms. The van der Waals surface area contributed by atoms with Crippen molar-refractivity contribution in [3.05, 3.63) is 23.5 Å². The van der Waals surface area contributed by atoms with E-state index in [-0.39, 0.29) is 28.2 Å². The molecule has 0 spiro atoms. The molecule has 0 heterocycles. The molecule has 0 radical (unpaired) electrons. The second-order valence-corrected chi connectivity index (χ2v) is 7.44. The first-order chi connectivity index (χ1) is 9.21. The van der Waals surface area contributed by atoms with Crippen molar-refractivity contribution in [1.29, 1.82) is 0 Å². The van der Waals surface area contributed by atoms with E-state index >= 15 is 0 Å². The van der Waals surface area contributed by atoms with E-state index in [1.807, 2.05) is 0 Å². The number of nitrogens with zero attached hydrogens (tertiary/aromatic N) is 1. The molecule has 0 aliphatic heterocycles. The van der Waals surface area contributed by atoms with E-state index in [0.717, 1.165) is 6.07 Å². The van der Waals surface area contributed by atoms with Crippen LogP contribution in [0.1, 0.15) is 18.4 Å². The molecule has 1 saturated carbocycles. The highest BCUT2D eigenvalue weighted by molar-refractivity contribution is 7.89. The lowest BCUT2D eigenvalue weighted by molar-refractivity contribution is 0.0367. The first-order valence-corrected chi connectivity index (χ1v) is 7.86. The minimum absolute atomic E-state index is 0.121. The number of sulfonamides is 1. The van der Waals surface area contributed by atoms with Crippen LogP contribution in [0, 0.1) is 18.7 Å². The number of rotatable bonds is 4. The summed E-state index contributed by atoms with van der Waals surface area (Å²) in [5.74, 6) is -0.478. The maximum absolute atomic E-state index is 13.6. The third kappa shape index (κ3) is 2.79. The van der Waals surface area contributed by atoms with Crippen molar-refractivity contribution in [3.63, 3.8) is 0 Å². The summed E-state index contributed by atoms with van der Waals surface area (Å²) in [5, 5.41) is 9.22. The Kier molecular flexibility index (Phi) is 4.04. The van der Waals surface area contributed by atoms with Gasteiger partial charge in [-0.15, -0.1) is 0 Å². The Hall–Kier alpha value is -1.18. The zero-order chi connectivity index (χ0) is 15.1. The van der Waals surface area contributed by atoms with E-state index < -0.39 is 15.8 Å². The Morgan fingerprint density at radius 1 is 1.45 bits per heavy atom. The number of hydrogen-bond donors (Lipinski definition) is 2. The van der Waals surface area contributed by atoms with Crippen LogP contribution in [-0.2, 0) is 10.0 Å². The fourth-order valence-electron chi connectivity index (χ4n) is 2.31. The first kappa shape index (κ1) is 15.2. The minimum Gasteiger partial charge on any atom is -0.398 e. The Balaban J connectivity index is 2.21. The summed E-state index contributed by atoms with van der Waals surface area (Å²) in [7, 11) is -2.31. The van der Waals surface area contributed by atoms with Gasteiger partial charge in [-0.3, -0.25) is 0 Å². The summed E-state index contributed by atoms with van der Waals surface area (Å²) >= 11 is 0. The summed E-state index contributed by atoms with van der Waals surface area (Å²) in [5.41, 5.74) is 5.98. The fraction of sp³-hybridized carbons (Fsp3) is 0.538. The SMILES string of the molecule is Cc1c(N)cc(S(=O)(=O)N(C)CC2CC(O)C2)cc1F. The topological polar surface area (TPSA) is 83.6 Å². The smallest absolute Gasteiger partial charge is 0.243 e. The van der Waals surface area contributed by atoms with Gasteiger partial charge in [-0.25, -0.2) is 17.1 Å². The van der Waals surface area contributed by atoms with Crippen LogP contribution in [0.5, 0.6) is 0 Å². The van der Waals surface area contributed by atoms with Crippen LogP contribution in [0.25, 0.3) is 0 Å². The molecule has 0 atom stereocenters. The van der Waals surface area contributed by atoms with E-state index in [0.29, 0.717) is 19.4 Å². The molecule has 5 nitrogen and oxygen atoms in total. The number of aliphatic hydroxyl groups excluding tert-OH is 1. The van der Waals surface area contributed by atoms with Crippen LogP contribution in [0.3, 0.4) is 0 Å². The van der Waals surface area contributed by atoms with E-state index in [9.17, 15) is 17.9 Å². The zero-order valence-corrected chi connectivity index (χ0v) is 12.3. The quantitative estimate of drug-likeness (QED) is 0.816. The van der Waals surface area contributed by atoms with Crippen molar-refractivity contribution >= 4 is 15.7 Å². The van der Waals surface area contributed by atoms with Crippen LogP contribution in [0.4, 0.5) is 10.1 Å². The van der Waals surface area contributed by atoms with Crippen molar-refractivity contribution in [3.8, 4) is 0 Å². The predicted molar refractivity (Wildman–Crippen MR) is 74.1 cm³/mol. The standard InChI is InChI=1S/C13H19FN2O3S/c1-8-12(14)5-11(6-13(8)15)20(18,19)16(2)7-9-3-10(17)4-9/h5-6,9-10,17H,3-4,7,15H2,1-2H3. The molecule has 1 aromatic rings. The molecule has 3 N–H and O–H groups in total. The number of halogens is 1. The Morgan fingerprint density at radius 3 is 2.55 bits per heavy atom. The normalized spacial score (nSPS) is 22.9. The van der Waals surface area contributed by atoms with Crippen LogP contribution in [0.2, 0.25) is 0 Å². The summed E-state index contributed by atoms with van der Waals surface area (Å²) in [6.45, 7) is 1.81. The Morgan fingerprint density at radius 2 is 2.05 bits per heavy atom. The average molecular weight is 302 g/mol. The molecule has 0 unspecified atom stereocenters. The van der Waals surface area contributed by atoms with Crippen LogP contribution >= 0.6 is 0 Å². The predicted octanol–water partition coefficient (Wildman–Crippen LogP) is 1.11. The maximum atomic E-state index is 13.6. The molecule has 20 heavy (non-hydrogen) atoms. The van der Waals surface area contributed by atoms with E-state index in [1.54, 1.807) is 0 Å². The molecule has 1 aliphatic rings. The van der Waals surface area contributed by atoms with Crippen molar-refractivity contribution in [2.45, 2.75) is 30.8 Å². The van der Waals surface area contributed by atoms with E-state index in [4.69, 9.17) is 5.73 Å². The molecular weight excluding hydrogens is 283 g/mol. The van der Waals surface area contributed by atoms with Crippen molar-refractivity contribution in [1.82, 2.24) is 4.31 Å². The van der Waals surface area contributed by atoms with Gasteiger partial charge in [-0.2, -0.15) is 0 Å². The Bertz CT molecular complexity index is 589. The van der Waals surface area contributed by atoms with Gasteiger partial charge in [0.25, 0.3) is 0 Å². The molecule has 0 amide bonds. The second kappa shape index (κ2) is 5.31. The lowest BCUT2D eigenvalue weighted by atomic mass is 9.82. The second-order valence-electron chi connectivity index (χ2n) is 5.40. The van der Waals surface area contributed by atoms with Crippen molar-refractivity contribution in [2.24, 2.45) is 5.92 Å². The lowest BCUT2D eigenvalue weighted by Crippen LogP contribution is -2.39. The summed E-state index contributed by atoms with van der Waals surface area (Å²) in [6.07, 6.45) is 0.873. The highest BCUT2D eigenvalue weighted by Crippen LogP contribution is 2.30. The van der Waals surface area contributed by atoms with Crippen LogP contribution in [-0.4, -0.2) is 37.5 Å². The number of aliphatic hydroxyl groups is 1. The van der Waals surface area contributed by atoms with E-state index in [1.165, 1.54) is 24.3 Å². The van der Waals surface area contributed by atoms with Gasteiger partial charge in [0.1, 0.15) is 5.82 Å². The van der Waals surface area contributed by atoms with Crippen molar-refractivity contribution in [2.75, 3.05) is 19.3 Å². The van der Waals surface area contributed by atoms with Crippen molar-refractivity contribution < 1.29 is 17.9 Å². The van der Waals surface area contributed by atoms with Gasteiger partial charge in [-0.1, -0.05) is 0 Å². The summed E-state index contributed by atoms with van der Waals surface area (Å²) in [4.78, 5) is -0.138. The number of nitrogens with two attached hydrogens (primary N) is 1. The van der Waals surface area contributed by atoms with Crippen LogP contribution in [0.15, 0.2) is 17.0 Å². The van der Waals surface area contributed by atoms with Gasteiger partial charge in [0.2, 0.25) is 10.0 Å². The fourth-order valence-corrected chi connectivity index (χ4v) is 3.61. The lowest BCUT2D eigenvalue weighted by Gasteiger charge is -2.34. The van der Waals surface area contributed by atoms with Gasteiger partial charge < -0.3 is 10.8 Å². The maximum Gasteiger partial charge on any atom is 0.243 e. The Labute approximate surface area is 118 Å². The molecule has 2 rings (SSSR count). The number of anilines is 1. The number of nitrogen functional groups attached to an aromatic ring is 1. The van der Waals surface area contributed by atoms with Gasteiger partial charge in [0.15, 0.2) is 0 Å². The largest absolute Gasteiger partial charge is 0.398 e. The highest BCUT2D eigenvalue weighted by Gasteiger charge is 2.32. The summed E-state index contributed by atoms with van der Waals surface area (Å²) in [6, 6.07) is 2.27. The molecule has 1 fully saturated rings. The number of hydrogen-bond acceptors (Lipinski definition) is 4. The zero-order valence-electron chi connectivity index (χ0n) is 11.5. The highest BCUT2D eigenvalue weighted by atomic mass is 32.2. The van der Waals surface area contributed by atoms with Gasteiger partial charge in [0.05, 0.1) is 11.0 Å². The molecule has 1 aliphatic carbocycles. The third-order valence-corrected chi connectivity index (χ3v) is 5.59. The minimum atomic E-state index is -3.76. The monoisotopic (exact) mass is 302 g/mol.